The summed E-state index contributed by atoms with van der Waals surface area (Å²) in [5.41, 5.74) is 4.12. The highest BCUT2D eigenvalue weighted by molar-refractivity contribution is 5.91. The van der Waals surface area contributed by atoms with Gasteiger partial charge in [0.15, 0.2) is 0 Å². The van der Waals surface area contributed by atoms with Crippen LogP contribution in [-0.4, -0.2) is 30.6 Å². The third kappa shape index (κ3) is 3.99. The lowest BCUT2D eigenvalue weighted by Crippen LogP contribution is -2.18. The van der Waals surface area contributed by atoms with Crippen molar-refractivity contribution in [3.63, 3.8) is 0 Å². The van der Waals surface area contributed by atoms with Gasteiger partial charge in [-0.3, -0.25) is 4.90 Å². The van der Waals surface area contributed by atoms with Crippen LogP contribution in [0.2, 0.25) is 0 Å². The van der Waals surface area contributed by atoms with Crippen LogP contribution in [0.5, 0.6) is 0 Å². The molecule has 2 aromatic carbocycles. The summed E-state index contributed by atoms with van der Waals surface area (Å²) in [5, 5.41) is 0. The van der Waals surface area contributed by atoms with E-state index in [1.165, 1.54) is 31.5 Å². The van der Waals surface area contributed by atoms with Crippen LogP contribution in [0.4, 0.5) is 0 Å². The molecule has 0 aliphatic carbocycles. The Morgan fingerprint density at radius 2 is 1.78 bits per heavy atom. The minimum Gasteiger partial charge on any atom is -0.462 e. The maximum absolute atomic E-state index is 11.8. The molecule has 3 heteroatoms. The maximum Gasteiger partial charge on any atom is 0.338 e. The number of hydrogen-bond acceptors (Lipinski definition) is 3. The van der Waals surface area contributed by atoms with E-state index in [2.05, 4.69) is 29.2 Å². The molecule has 0 aromatic heterocycles. The largest absolute Gasteiger partial charge is 0.462 e. The van der Waals surface area contributed by atoms with Crippen LogP contribution >= 0.6 is 0 Å². The van der Waals surface area contributed by atoms with E-state index in [1.807, 2.05) is 25.1 Å². The molecule has 3 rings (SSSR count). The molecular formula is C20H23NO2. The van der Waals surface area contributed by atoms with Crippen LogP contribution in [0.25, 0.3) is 11.1 Å². The van der Waals surface area contributed by atoms with Gasteiger partial charge in [0, 0.05) is 6.54 Å². The molecule has 23 heavy (non-hydrogen) atoms. The minimum atomic E-state index is -0.264. The molecule has 1 aliphatic rings. The quantitative estimate of drug-likeness (QED) is 0.778. The number of likely N-dealkylation sites (tertiary alicyclic amines) is 1. The second kappa shape index (κ2) is 7.42. The van der Waals surface area contributed by atoms with Crippen molar-refractivity contribution in [1.82, 2.24) is 4.90 Å². The van der Waals surface area contributed by atoms with E-state index in [4.69, 9.17) is 4.74 Å². The van der Waals surface area contributed by atoms with Gasteiger partial charge in [-0.2, -0.15) is 0 Å². The van der Waals surface area contributed by atoms with Crippen molar-refractivity contribution in [3.05, 3.63) is 59.7 Å². The highest BCUT2D eigenvalue weighted by Gasteiger charge is 2.12. The fraction of sp³-hybridized carbons (Fsp3) is 0.350. The van der Waals surface area contributed by atoms with Gasteiger partial charge in [0.2, 0.25) is 0 Å². The number of carbonyl (C=O) groups excluding carboxylic acids is 1. The molecule has 3 nitrogen and oxygen atoms in total. The highest BCUT2D eigenvalue weighted by Crippen LogP contribution is 2.22. The molecular weight excluding hydrogens is 286 g/mol. The molecule has 1 aliphatic heterocycles. The maximum atomic E-state index is 11.8. The van der Waals surface area contributed by atoms with Gasteiger partial charge in [-0.25, -0.2) is 4.79 Å². The van der Waals surface area contributed by atoms with Crippen LogP contribution in [-0.2, 0) is 11.3 Å². The number of esters is 1. The van der Waals surface area contributed by atoms with Crippen molar-refractivity contribution in [2.75, 3.05) is 19.7 Å². The predicted octanol–water partition coefficient (Wildman–Crippen LogP) is 4.13. The second-order valence-corrected chi connectivity index (χ2v) is 5.98. The van der Waals surface area contributed by atoms with Crippen LogP contribution in [0.3, 0.4) is 0 Å². The number of ether oxygens (including phenoxy) is 1. The molecule has 1 saturated heterocycles. The molecule has 0 N–H and O–H groups in total. The highest BCUT2D eigenvalue weighted by atomic mass is 16.5. The van der Waals surface area contributed by atoms with E-state index in [-0.39, 0.29) is 5.97 Å². The Hall–Kier alpha value is -2.13. The van der Waals surface area contributed by atoms with Crippen molar-refractivity contribution >= 4 is 5.97 Å². The smallest absolute Gasteiger partial charge is 0.338 e. The van der Waals surface area contributed by atoms with Crippen molar-refractivity contribution < 1.29 is 9.53 Å². The summed E-state index contributed by atoms with van der Waals surface area (Å²) in [6, 6.07) is 16.3. The van der Waals surface area contributed by atoms with E-state index in [0.29, 0.717) is 12.2 Å². The average Bonchev–Trinajstić information content (AvgIpc) is 3.09. The van der Waals surface area contributed by atoms with Gasteiger partial charge >= 0.3 is 5.97 Å². The second-order valence-electron chi connectivity index (χ2n) is 5.98. The molecule has 0 amide bonds. The number of rotatable bonds is 5. The average molecular weight is 309 g/mol. The first-order valence-corrected chi connectivity index (χ1v) is 8.35. The Balaban J connectivity index is 1.73. The summed E-state index contributed by atoms with van der Waals surface area (Å²) in [6.45, 7) is 5.67. The Morgan fingerprint density at radius 1 is 1.04 bits per heavy atom. The van der Waals surface area contributed by atoms with Crippen molar-refractivity contribution in [2.45, 2.75) is 26.3 Å². The molecule has 2 aromatic rings. The zero-order chi connectivity index (χ0) is 16.1. The predicted molar refractivity (Wildman–Crippen MR) is 92.3 cm³/mol. The van der Waals surface area contributed by atoms with Gasteiger partial charge < -0.3 is 4.74 Å². The van der Waals surface area contributed by atoms with E-state index in [9.17, 15) is 4.79 Å². The van der Waals surface area contributed by atoms with Crippen molar-refractivity contribution in [3.8, 4) is 11.1 Å². The van der Waals surface area contributed by atoms with Crippen LogP contribution in [0.1, 0.15) is 35.7 Å². The normalized spacial score (nSPS) is 14.8. The zero-order valence-electron chi connectivity index (χ0n) is 13.6. The minimum absolute atomic E-state index is 0.264. The summed E-state index contributed by atoms with van der Waals surface area (Å²) in [7, 11) is 0. The summed E-state index contributed by atoms with van der Waals surface area (Å²) in [4.78, 5) is 14.3. The molecule has 0 saturated carbocycles. The Labute approximate surface area is 137 Å². The molecule has 1 heterocycles. The van der Waals surface area contributed by atoms with E-state index < -0.39 is 0 Å². The lowest BCUT2D eigenvalue weighted by Gasteiger charge is -2.14. The molecule has 0 atom stereocenters. The fourth-order valence-electron chi connectivity index (χ4n) is 3.04. The van der Waals surface area contributed by atoms with Crippen LogP contribution in [0, 0.1) is 0 Å². The van der Waals surface area contributed by atoms with Gasteiger partial charge in [0.1, 0.15) is 0 Å². The molecule has 0 radical (unpaired) electrons. The van der Waals surface area contributed by atoms with E-state index in [1.54, 1.807) is 6.07 Å². The fourth-order valence-corrected chi connectivity index (χ4v) is 3.04. The SMILES string of the molecule is CCOC(=O)c1cccc(-c2ccc(CN3CCCC3)cc2)c1. The molecule has 0 spiro atoms. The summed E-state index contributed by atoms with van der Waals surface area (Å²) in [6.07, 6.45) is 2.64. The van der Waals surface area contributed by atoms with Gasteiger partial charge in [0.05, 0.1) is 12.2 Å². The van der Waals surface area contributed by atoms with Gasteiger partial charge in [0.25, 0.3) is 0 Å². The monoisotopic (exact) mass is 309 g/mol. The molecule has 0 unspecified atom stereocenters. The first-order chi connectivity index (χ1) is 11.3. The standard InChI is InChI=1S/C20H23NO2/c1-2-23-20(22)19-7-5-6-18(14-19)17-10-8-16(9-11-17)15-21-12-3-4-13-21/h5-11,14H,2-4,12-13,15H2,1H3. The third-order valence-electron chi connectivity index (χ3n) is 4.27. The Bertz CT molecular complexity index is 658. The Morgan fingerprint density at radius 3 is 2.48 bits per heavy atom. The number of benzene rings is 2. The summed E-state index contributed by atoms with van der Waals surface area (Å²) in [5.74, 6) is -0.264. The van der Waals surface area contributed by atoms with Gasteiger partial charge in [-0.15, -0.1) is 0 Å². The number of nitrogens with zero attached hydrogens (tertiary/aromatic N) is 1. The van der Waals surface area contributed by atoms with Crippen molar-refractivity contribution in [1.29, 1.82) is 0 Å². The summed E-state index contributed by atoms with van der Waals surface area (Å²) >= 11 is 0. The van der Waals surface area contributed by atoms with Crippen LogP contribution in [0.15, 0.2) is 48.5 Å². The lowest BCUT2D eigenvalue weighted by molar-refractivity contribution is 0.0526. The number of carbonyl (C=O) groups is 1. The van der Waals surface area contributed by atoms with Crippen molar-refractivity contribution in [2.24, 2.45) is 0 Å². The van der Waals surface area contributed by atoms with Crippen LogP contribution < -0.4 is 0 Å². The Kier molecular flexibility index (Phi) is 5.09. The first-order valence-electron chi connectivity index (χ1n) is 8.35. The van der Waals surface area contributed by atoms with Gasteiger partial charge in [-0.05, 0) is 61.7 Å². The van der Waals surface area contributed by atoms with Gasteiger partial charge in [-0.1, -0.05) is 36.4 Å². The lowest BCUT2D eigenvalue weighted by atomic mass is 10.0. The topological polar surface area (TPSA) is 29.5 Å². The van der Waals surface area contributed by atoms with E-state index >= 15 is 0 Å². The summed E-state index contributed by atoms with van der Waals surface area (Å²) < 4.78 is 5.07. The molecule has 0 bridgehead atoms. The van der Waals surface area contributed by atoms with E-state index in [0.717, 1.165) is 17.7 Å². The first kappa shape index (κ1) is 15.8. The number of hydrogen-bond donors (Lipinski definition) is 0. The molecule has 1 fully saturated rings. The third-order valence-corrected chi connectivity index (χ3v) is 4.27. The zero-order valence-corrected chi connectivity index (χ0v) is 13.6. The molecule has 120 valence electrons.